The number of aliphatic hydroxyl groups excluding tert-OH is 1. The lowest BCUT2D eigenvalue weighted by atomic mass is 9.74. The number of alkyl halides is 3. The number of hydrogen-bond acceptors (Lipinski definition) is 7. The second-order valence-corrected chi connectivity index (χ2v) is 10.2. The molecule has 1 saturated heterocycles. The Labute approximate surface area is 197 Å². The average molecular weight is 497 g/mol. The van der Waals surface area contributed by atoms with Gasteiger partial charge in [0.25, 0.3) is 0 Å². The van der Waals surface area contributed by atoms with Crippen molar-refractivity contribution in [3.63, 3.8) is 0 Å². The molecule has 0 spiro atoms. The van der Waals surface area contributed by atoms with E-state index in [2.05, 4.69) is 15.3 Å². The lowest BCUT2D eigenvalue weighted by molar-refractivity contribution is -0.137. The summed E-state index contributed by atoms with van der Waals surface area (Å²) in [5.74, 6) is -0.197. The summed E-state index contributed by atoms with van der Waals surface area (Å²) in [5, 5.41) is 15.5. The number of aryl methyl sites for hydroxylation is 2. The second kappa shape index (κ2) is 9.03. The minimum atomic E-state index is -4.39. The molecule has 0 atom stereocenters. The maximum absolute atomic E-state index is 13.2. The molecule has 1 aromatic carbocycles. The molecular formula is C22H23F3N4O2S2. The van der Waals surface area contributed by atoms with Crippen molar-refractivity contribution in [2.45, 2.75) is 32.9 Å². The van der Waals surface area contributed by atoms with Crippen molar-refractivity contribution in [3.05, 3.63) is 45.9 Å². The molecule has 3 heterocycles. The van der Waals surface area contributed by atoms with Gasteiger partial charge in [-0.15, -0.1) is 22.7 Å². The highest BCUT2D eigenvalue weighted by Gasteiger charge is 2.49. The van der Waals surface area contributed by atoms with Crippen LogP contribution in [0.3, 0.4) is 0 Å². The summed E-state index contributed by atoms with van der Waals surface area (Å²) >= 11 is 2.88. The van der Waals surface area contributed by atoms with Gasteiger partial charge in [0.15, 0.2) is 5.13 Å². The largest absolute Gasteiger partial charge is 0.416 e. The zero-order valence-corrected chi connectivity index (χ0v) is 19.7. The van der Waals surface area contributed by atoms with E-state index in [9.17, 15) is 23.1 Å². The van der Waals surface area contributed by atoms with Crippen molar-refractivity contribution < 1.29 is 23.1 Å². The van der Waals surface area contributed by atoms with Crippen LogP contribution in [0.2, 0.25) is 0 Å². The van der Waals surface area contributed by atoms with Gasteiger partial charge in [-0.1, -0.05) is 0 Å². The molecule has 176 valence electrons. The van der Waals surface area contributed by atoms with Gasteiger partial charge in [0.1, 0.15) is 0 Å². The number of anilines is 2. The maximum Gasteiger partial charge on any atom is 0.416 e. The number of halogens is 3. The fraction of sp³-hybridized carbons (Fsp3) is 0.409. The lowest BCUT2D eigenvalue weighted by Crippen LogP contribution is -2.62. The van der Waals surface area contributed by atoms with Gasteiger partial charge in [0.2, 0.25) is 5.91 Å². The molecule has 2 N–H and O–H groups in total. The topological polar surface area (TPSA) is 78.3 Å². The second-order valence-electron chi connectivity index (χ2n) is 8.15. The maximum atomic E-state index is 13.2. The van der Waals surface area contributed by atoms with Gasteiger partial charge in [-0.3, -0.25) is 4.79 Å². The molecule has 33 heavy (non-hydrogen) atoms. The number of aromatic nitrogens is 2. The summed E-state index contributed by atoms with van der Waals surface area (Å²) in [6, 6.07) is 4.93. The number of amides is 1. The molecule has 1 amide bonds. The van der Waals surface area contributed by atoms with Crippen molar-refractivity contribution in [1.29, 1.82) is 0 Å². The van der Waals surface area contributed by atoms with Crippen molar-refractivity contribution in [1.82, 2.24) is 9.97 Å². The molecule has 4 rings (SSSR count). The Kier molecular flexibility index (Phi) is 6.47. The Morgan fingerprint density at radius 1 is 1.21 bits per heavy atom. The minimum absolute atomic E-state index is 0.0410. The fourth-order valence-electron chi connectivity index (χ4n) is 3.99. The van der Waals surface area contributed by atoms with Gasteiger partial charge >= 0.3 is 6.18 Å². The van der Waals surface area contributed by atoms with Crippen molar-refractivity contribution in [3.8, 4) is 10.6 Å². The summed E-state index contributed by atoms with van der Waals surface area (Å²) in [7, 11) is 0. The van der Waals surface area contributed by atoms with E-state index < -0.39 is 17.2 Å². The summed E-state index contributed by atoms with van der Waals surface area (Å²) in [5.41, 5.74) is 0.841. The third-order valence-electron chi connectivity index (χ3n) is 5.70. The summed E-state index contributed by atoms with van der Waals surface area (Å²) < 4.78 is 38.5. The average Bonchev–Trinajstić information content (AvgIpc) is 3.32. The SMILES string of the molecule is Cc1nc(C)c(-c2csc(NC(=O)C3(CCCO)CN(c4ccc(C(F)(F)F)cc4)C3)n2)s1. The lowest BCUT2D eigenvalue weighted by Gasteiger charge is -2.50. The molecular weight excluding hydrogens is 473 g/mol. The van der Waals surface area contributed by atoms with Crippen molar-refractivity contribution >= 4 is 39.4 Å². The normalized spacial score (nSPS) is 15.4. The molecule has 6 nitrogen and oxygen atoms in total. The van der Waals surface area contributed by atoms with Crippen LogP contribution in [0, 0.1) is 19.3 Å². The van der Waals surface area contributed by atoms with Crippen LogP contribution in [0.1, 0.15) is 29.1 Å². The predicted octanol–water partition coefficient (Wildman–Crippen LogP) is 5.12. The van der Waals surface area contributed by atoms with Gasteiger partial charge in [-0.05, 0) is 51.0 Å². The Balaban J connectivity index is 1.46. The van der Waals surface area contributed by atoms with E-state index in [4.69, 9.17) is 0 Å². The van der Waals surface area contributed by atoms with E-state index in [0.29, 0.717) is 36.8 Å². The van der Waals surface area contributed by atoms with Crippen LogP contribution in [-0.4, -0.2) is 40.7 Å². The monoisotopic (exact) mass is 496 g/mol. The Morgan fingerprint density at radius 2 is 1.91 bits per heavy atom. The first-order chi connectivity index (χ1) is 15.6. The molecule has 1 aliphatic heterocycles. The Hall–Kier alpha value is -2.50. The molecule has 0 bridgehead atoms. The standard InChI is InChI=1S/C22H23F3N4O2S2/c1-13-18(33-14(2)26-13)17-10-32-20(27-17)28-19(31)21(8-3-9-30)11-29(12-21)16-6-4-15(5-7-16)22(23,24)25/h4-7,10,30H,3,8-9,11-12H2,1-2H3,(H,27,28,31). The smallest absolute Gasteiger partial charge is 0.396 e. The number of aliphatic hydroxyl groups is 1. The Morgan fingerprint density at radius 3 is 2.48 bits per heavy atom. The quantitative estimate of drug-likeness (QED) is 0.475. The Bertz CT molecular complexity index is 1140. The van der Waals surface area contributed by atoms with Gasteiger partial charge in [-0.2, -0.15) is 13.2 Å². The molecule has 0 radical (unpaired) electrons. The first kappa shape index (κ1) is 23.7. The zero-order chi connectivity index (χ0) is 23.8. The minimum Gasteiger partial charge on any atom is -0.396 e. The highest BCUT2D eigenvalue weighted by Crippen LogP contribution is 2.41. The first-order valence-corrected chi connectivity index (χ1v) is 12.1. The van der Waals surface area contributed by atoms with E-state index in [0.717, 1.165) is 33.4 Å². The van der Waals surface area contributed by atoms with E-state index in [1.807, 2.05) is 24.1 Å². The predicted molar refractivity (Wildman–Crippen MR) is 124 cm³/mol. The van der Waals surface area contributed by atoms with Crippen LogP contribution in [0.25, 0.3) is 10.6 Å². The van der Waals surface area contributed by atoms with Gasteiger partial charge in [0.05, 0.1) is 32.3 Å². The fourth-order valence-corrected chi connectivity index (χ4v) is 5.65. The van der Waals surface area contributed by atoms with Crippen LogP contribution in [-0.2, 0) is 11.0 Å². The molecule has 0 saturated carbocycles. The van der Waals surface area contributed by atoms with Crippen LogP contribution < -0.4 is 10.2 Å². The van der Waals surface area contributed by atoms with E-state index in [1.54, 1.807) is 11.3 Å². The van der Waals surface area contributed by atoms with Gasteiger partial charge in [-0.25, -0.2) is 9.97 Å². The third kappa shape index (κ3) is 4.90. The van der Waals surface area contributed by atoms with Gasteiger partial charge < -0.3 is 15.3 Å². The molecule has 0 aliphatic carbocycles. The zero-order valence-electron chi connectivity index (χ0n) is 18.1. The molecule has 2 aromatic heterocycles. The van der Waals surface area contributed by atoms with E-state index >= 15 is 0 Å². The molecule has 1 fully saturated rings. The number of hydrogen-bond donors (Lipinski definition) is 2. The first-order valence-electron chi connectivity index (χ1n) is 10.4. The van der Waals surface area contributed by atoms with Gasteiger partial charge in [0, 0.05) is 30.8 Å². The molecule has 0 unspecified atom stereocenters. The van der Waals surface area contributed by atoms with Crippen LogP contribution >= 0.6 is 22.7 Å². The number of nitrogens with zero attached hydrogens (tertiary/aromatic N) is 3. The molecule has 11 heteroatoms. The highest BCUT2D eigenvalue weighted by atomic mass is 32.1. The van der Waals surface area contributed by atoms with Crippen LogP contribution in [0.5, 0.6) is 0 Å². The van der Waals surface area contributed by atoms with Crippen LogP contribution in [0.4, 0.5) is 24.0 Å². The summed E-state index contributed by atoms with van der Waals surface area (Å²) in [6.07, 6.45) is -3.46. The van der Waals surface area contributed by atoms with Crippen molar-refractivity contribution in [2.24, 2.45) is 5.41 Å². The number of thiazole rings is 2. The highest BCUT2D eigenvalue weighted by molar-refractivity contribution is 7.16. The molecule has 1 aliphatic rings. The number of benzene rings is 1. The third-order valence-corrected chi connectivity index (χ3v) is 7.56. The number of rotatable bonds is 7. The van der Waals surface area contributed by atoms with Crippen LogP contribution in [0.15, 0.2) is 29.6 Å². The number of nitrogens with one attached hydrogen (secondary N) is 1. The van der Waals surface area contributed by atoms with Crippen molar-refractivity contribution in [2.75, 3.05) is 29.9 Å². The number of carbonyl (C=O) groups is 1. The number of carbonyl (C=O) groups excluding carboxylic acids is 1. The summed E-state index contributed by atoms with van der Waals surface area (Å²) in [4.78, 5) is 25.0. The summed E-state index contributed by atoms with van der Waals surface area (Å²) in [6.45, 7) is 4.52. The van der Waals surface area contributed by atoms with E-state index in [1.165, 1.54) is 23.5 Å². The van der Waals surface area contributed by atoms with E-state index in [-0.39, 0.29) is 12.5 Å². The molecule has 3 aromatic rings.